The summed E-state index contributed by atoms with van der Waals surface area (Å²) in [5.41, 5.74) is 7.64. The first-order chi connectivity index (χ1) is 5.27. The van der Waals surface area contributed by atoms with Gasteiger partial charge in [0, 0.05) is 23.3 Å². The number of rotatable bonds is 2. The van der Waals surface area contributed by atoms with Gasteiger partial charge >= 0.3 is 0 Å². The average molecular weight is 168 g/mol. The molecule has 0 aliphatic carbocycles. The molecule has 0 saturated heterocycles. The summed E-state index contributed by atoms with van der Waals surface area (Å²) in [6, 6.07) is 5.97. The van der Waals surface area contributed by atoms with Gasteiger partial charge in [-0.3, -0.25) is 0 Å². The molecule has 0 aliphatic heterocycles. The van der Waals surface area contributed by atoms with Crippen molar-refractivity contribution in [2.45, 2.75) is 4.90 Å². The van der Waals surface area contributed by atoms with Gasteiger partial charge in [-0.1, -0.05) is 0 Å². The molecule has 1 aromatic rings. The number of nitrogens with one attached hydrogen (secondary N) is 1. The fourth-order valence-corrected chi connectivity index (χ4v) is 1.39. The molecule has 1 aromatic carbocycles. The molecule has 0 amide bonds. The zero-order valence-electron chi connectivity index (χ0n) is 6.72. The van der Waals surface area contributed by atoms with Crippen LogP contribution in [0.5, 0.6) is 0 Å². The molecular weight excluding hydrogens is 156 g/mol. The fraction of sp³-hybridized carbons (Fsp3) is 0.250. The van der Waals surface area contributed by atoms with Crippen molar-refractivity contribution in [3.05, 3.63) is 18.2 Å². The second-order valence-corrected chi connectivity index (χ2v) is 3.05. The van der Waals surface area contributed by atoms with Crippen LogP contribution in [0.3, 0.4) is 0 Å². The lowest BCUT2D eigenvalue weighted by Gasteiger charge is -2.04. The third-order valence-corrected chi connectivity index (χ3v) is 2.33. The zero-order valence-corrected chi connectivity index (χ0v) is 7.53. The molecule has 11 heavy (non-hydrogen) atoms. The predicted octanol–water partition coefficient (Wildman–Crippen LogP) is 2.03. The molecule has 1 rings (SSSR count). The molecule has 0 spiro atoms. The van der Waals surface area contributed by atoms with E-state index in [9.17, 15) is 0 Å². The Labute approximate surface area is 71.2 Å². The number of benzene rings is 1. The smallest absolute Gasteiger partial charge is 0.0472 e. The van der Waals surface area contributed by atoms with Crippen molar-refractivity contribution >= 4 is 23.1 Å². The Bertz CT molecular complexity index is 248. The molecule has 0 bridgehead atoms. The van der Waals surface area contributed by atoms with Gasteiger partial charge in [0.1, 0.15) is 0 Å². The first kappa shape index (κ1) is 8.27. The van der Waals surface area contributed by atoms with Gasteiger partial charge in [0.15, 0.2) is 0 Å². The van der Waals surface area contributed by atoms with E-state index in [0.29, 0.717) is 0 Å². The number of thioether (sulfide) groups is 1. The van der Waals surface area contributed by atoms with Crippen LogP contribution >= 0.6 is 11.8 Å². The normalized spacial score (nSPS) is 9.64. The summed E-state index contributed by atoms with van der Waals surface area (Å²) in [4.78, 5) is 1.13. The van der Waals surface area contributed by atoms with Gasteiger partial charge in [0.2, 0.25) is 0 Å². The minimum atomic E-state index is 0.837. The molecule has 0 atom stereocenters. The molecule has 3 heteroatoms. The summed E-state index contributed by atoms with van der Waals surface area (Å²) in [5, 5.41) is 3.03. The lowest BCUT2D eigenvalue weighted by Crippen LogP contribution is -1.92. The van der Waals surface area contributed by atoms with Crippen molar-refractivity contribution in [3.8, 4) is 0 Å². The Balaban J connectivity index is 2.99. The highest BCUT2D eigenvalue weighted by molar-refractivity contribution is 7.98. The number of nitrogen functional groups attached to an aromatic ring is 1. The van der Waals surface area contributed by atoms with Crippen molar-refractivity contribution in [2.24, 2.45) is 0 Å². The van der Waals surface area contributed by atoms with Gasteiger partial charge in [-0.15, -0.1) is 11.8 Å². The average Bonchev–Trinajstić information content (AvgIpc) is 2.04. The summed E-state index contributed by atoms with van der Waals surface area (Å²) in [6.07, 6.45) is 2.02. The monoisotopic (exact) mass is 168 g/mol. The van der Waals surface area contributed by atoms with E-state index < -0.39 is 0 Å². The van der Waals surface area contributed by atoms with Gasteiger partial charge in [0.25, 0.3) is 0 Å². The predicted molar refractivity (Wildman–Crippen MR) is 52.2 cm³/mol. The molecule has 0 fully saturated rings. The van der Waals surface area contributed by atoms with Crippen molar-refractivity contribution in [1.82, 2.24) is 0 Å². The van der Waals surface area contributed by atoms with Crippen molar-refractivity contribution in [2.75, 3.05) is 24.4 Å². The van der Waals surface area contributed by atoms with E-state index in [0.717, 1.165) is 16.3 Å². The molecule has 60 valence electrons. The molecule has 0 aromatic heterocycles. The molecule has 0 radical (unpaired) electrons. The Hall–Kier alpha value is -0.830. The Morgan fingerprint density at radius 3 is 2.64 bits per heavy atom. The summed E-state index contributed by atoms with van der Waals surface area (Å²) < 4.78 is 0. The molecule has 3 N–H and O–H groups in total. The third kappa shape index (κ3) is 1.80. The van der Waals surface area contributed by atoms with Gasteiger partial charge in [-0.25, -0.2) is 0 Å². The molecule has 0 unspecified atom stereocenters. The standard InChI is InChI=1S/C8H12N2S/c1-10-6-3-4-8(11-2)7(9)5-6/h3-5,10H,9H2,1-2H3. The highest BCUT2D eigenvalue weighted by Crippen LogP contribution is 2.25. The largest absolute Gasteiger partial charge is 0.398 e. The third-order valence-electron chi connectivity index (χ3n) is 1.52. The maximum atomic E-state index is 5.75. The van der Waals surface area contributed by atoms with Crippen molar-refractivity contribution < 1.29 is 0 Å². The summed E-state index contributed by atoms with van der Waals surface area (Å²) in [5.74, 6) is 0. The molecule has 2 nitrogen and oxygen atoms in total. The van der Waals surface area contributed by atoms with Crippen LogP contribution in [0, 0.1) is 0 Å². The van der Waals surface area contributed by atoms with E-state index in [4.69, 9.17) is 5.73 Å². The van der Waals surface area contributed by atoms with Gasteiger partial charge in [-0.2, -0.15) is 0 Å². The van der Waals surface area contributed by atoms with Crippen LogP contribution in [0.2, 0.25) is 0 Å². The van der Waals surface area contributed by atoms with E-state index >= 15 is 0 Å². The number of nitrogens with two attached hydrogens (primary N) is 1. The van der Waals surface area contributed by atoms with E-state index in [1.807, 2.05) is 31.5 Å². The van der Waals surface area contributed by atoms with Gasteiger partial charge < -0.3 is 11.1 Å². The second kappa shape index (κ2) is 3.53. The lowest BCUT2D eigenvalue weighted by atomic mass is 10.3. The Kier molecular flexibility index (Phi) is 2.65. The van der Waals surface area contributed by atoms with Gasteiger partial charge in [0.05, 0.1) is 0 Å². The van der Waals surface area contributed by atoms with E-state index in [1.54, 1.807) is 11.8 Å². The minimum Gasteiger partial charge on any atom is -0.398 e. The van der Waals surface area contributed by atoms with Crippen LogP contribution in [0.4, 0.5) is 11.4 Å². The summed E-state index contributed by atoms with van der Waals surface area (Å²) in [7, 11) is 1.88. The number of hydrogen-bond acceptors (Lipinski definition) is 3. The maximum Gasteiger partial charge on any atom is 0.0472 e. The SMILES string of the molecule is CNc1ccc(SC)c(N)c1. The summed E-state index contributed by atoms with van der Waals surface area (Å²) in [6.45, 7) is 0. The lowest BCUT2D eigenvalue weighted by molar-refractivity contribution is 1.43. The van der Waals surface area contributed by atoms with E-state index in [1.165, 1.54) is 0 Å². The van der Waals surface area contributed by atoms with Crippen molar-refractivity contribution in [1.29, 1.82) is 0 Å². The Morgan fingerprint density at radius 2 is 2.18 bits per heavy atom. The number of hydrogen-bond donors (Lipinski definition) is 2. The zero-order chi connectivity index (χ0) is 8.27. The quantitative estimate of drug-likeness (QED) is 0.524. The molecule has 0 saturated carbocycles. The highest BCUT2D eigenvalue weighted by atomic mass is 32.2. The van der Waals surface area contributed by atoms with Crippen LogP contribution in [-0.4, -0.2) is 13.3 Å². The van der Waals surface area contributed by atoms with Crippen LogP contribution in [-0.2, 0) is 0 Å². The van der Waals surface area contributed by atoms with E-state index in [-0.39, 0.29) is 0 Å². The minimum absolute atomic E-state index is 0.837. The van der Waals surface area contributed by atoms with Crippen LogP contribution in [0.1, 0.15) is 0 Å². The van der Waals surface area contributed by atoms with Gasteiger partial charge in [-0.05, 0) is 24.5 Å². The topological polar surface area (TPSA) is 38.0 Å². The highest BCUT2D eigenvalue weighted by Gasteiger charge is 1.96. The molecule has 0 aliphatic rings. The Morgan fingerprint density at radius 1 is 1.45 bits per heavy atom. The fourth-order valence-electron chi connectivity index (χ4n) is 0.890. The van der Waals surface area contributed by atoms with Crippen molar-refractivity contribution in [3.63, 3.8) is 0 Å². The second-order valence-electron chi connectivity index (χ2n) is 2.21. The first-order valence-corrected chi connectivity index (χ1v) is 4.61. The maximum absolute atomic E-state index is 5.75. The number of anilines is 2. The van der Waals surface area contributed by atoms with Crippen LogP contribution in [0.15, 0.2) is 23.1 Å². The van der Waals surface area contributed by atoms with E-state index in [2.05, 4.69) is 5.32 Å². The summed E-state index contributed by atoms with van der Waals surface area (Å²) >= 11 is 1.66. The first-order valence-electron chi connectivity index (χ1n) is 3.39. The molecular formula is C8H12N2S. The molecule has 0 heterocycles. The van der Waals surface area contributed by atoms with Crippen LogP contribution in [0.25, 0.3) is 0 Å². The van der Waals surface area contributed by atoms with Crippen LogP contribution < -0.4 is 11.1 Å².